The fourth-order valence-electron chi connectivity index (χ4n) is 2.68. The standard InChI is InChI=1S/C17H25F3N4O3S/c1-2-12(13-6-7-15(21-13)27-11-17(18,19)20)23-28-9-5-3-4-8-24-10-14(25)22-16(24)26/h6-7,12,21,23H,2-5,8-11H2,1H3,(H,22,25,26). The van der Waals surface area contributed by atoms with Gasteiger partial charge in [-0.25, -0.2) is 4.79 Å². The lowest BCUT2D eigenvalue weighted by atomic mass is 10.2. The van der Waals surface area contributed by atoms with Crippen LogP contribution in [0.1, 0.15) is 44.3 Å². The van der Waals surface area contributed by atoms with E-state index in [2.05, 4.69) is 15.0 Å². The average molecular weight is 422 g/mol. The summed E-state index contributed by atoms with van der Waals surface area (Å²) in [6.45, 7) is 1.37. The number of rotatable bonds is 12. The van der Waals surface area contributed by atoms with Crippen LogP contribution in [0.3, 0.4) is 0 Å². The van der Waals surface area contributed by atoms with Crippen LogP contribution in [0.5, 0.6) is 5.88 Å². The number of H-pyrrole nitrogens is 1. The van der Waals surface area contributed by atoms with E-state index in [4.69, 9.17) is 4.74 Å². The molecule has 7 nitrogen and oxygen atoms in total. The van der Waals surface area contributed by atoms with Crippen LogP contribution in [0.15, 0.2) is 12.1 Å². The first kappa shape index (κ1) is 22.4. The summed E-state index contributed by atoms with van der Waals surface area (Å²) in [6.07, 6.45) is -0.888. The molecule has 0 bridgehead atoms. The molecule has 1 unspecified atom stereocenters. The number of carbonyl (C=O) groups is 2. The van der Waals surface area contributed by atoms with Gasteiger partial charge >= 0.3 is 12.2 Å². The molecule has 0 aromatic carbocycles. The van der Waals surface area contributed by atoms with Crippen molar-refractivity contribution in [3.63, 3.8) is 0 Å². The van der Waals surface area contributed by atoms with Gasteiger partial charge in [-0.2, -0.15) is 13.2 Å². The van der Waals surface area contributed by atoms with Gasteiger partial charge in [-0.15, -0.1) is 0 Å². The fourth-order valence-corrected chi connectivity index (χ4v) is 3.64. The number of aromatic nitrogens is 1. The van der Waals surface area contributed by atoms with Gasteiger partial charge in [0.2, 0.25) is 5.91 Å². The van der Waals surface area contributed by atoms with Crippen LogP contribution < -0.4 is 14.8 Å². The number of nitrogens with one attached hydrogen (secondary N) is 3. The van der Waals surface area contributed by atoms with Crippen molar-refractivity contribution in [3.05, 3.63) is 17.8 Å². The molecule has 1 aliphatic rings. The van der Waals surface area contributed by atoms with E-state index in [1.54, 1.807) is 18.0 Å². The van der Waals surface area contributed by atoms with Crippen LogP contribution in [0.2, 0.25) is 0 Å². The highest BCUT2D eigenvalue weighted by Gasteiger charge is 2.29. The number of nitrogens with zero attached hydrogens (tertiary/aromatic N) is 1. The van der Waals surface area contributed by atoms with E-state index in [0.717, 1.165) is 37.1 Å². The minimum atomic E-state index is -4.36. The number of aromatic amines is 1. The van der Waals surface area contributed by atoms with E-state index in [-0.39, 0.29) is 30.4 Å². The van der Waals surface area contributed by atoms with Crippen molar-refractivity contribution in [2.24, 2.45) is 0 Å². The Balaban J connectivity index is 1.60. The van der Waals surface area contributed by atoms with Crippen molar-refractivity contribution in [3.8, 4) is 5.88 Å². The smallest absolute Gasteiger partial charge is 0.422 e. The molecule has 1 saturated heterocycles. The molecule has 3 N–H and O–H groups in total. The molecule has 1 aromatic rings. The highest BCUT2D eigenvalue weighted by atomic mass is 32.2. The number of ether oxygens (including phenoxy) is 1. The maximum absolute atomic E-state index is 12.2. The topological polar surface area (TPSA) is 86.5 Å². The Morgan fingerprint density at radius 1 is 1.29 bits per heavy atom. The Bertz CT molecular complexity index is 654. The number of carbonyl (C=O) groups excluding carboxylic acids is 2. The highest BCUT2D eigenvalue weighted by molar-refractivity contribution is 7.97. The van der Waals surface area contributed by atoms with Gasteiger partial charge in [0.1, 0.15) is 6.54 Å². The zero-order valence-electron chi connectivity index (χ0n) is 15.6. The zero-order chi connectivity index (χ0) is 20.6. The van der Waals surface area contributed by atoms with Gasteiger partial charge in [-0.05, 0) is 31.4 Å². The minimum Gasteiger partial charge on any atom is -0.469 e. The normalized spacial score (nSPS) is 15.8. The van der Waals surface area contributed by atoms with Crippen molar-refractivity contribution < 1.29 is 27.5 Å². The first-order valence-electron chi connectivity index (χ1n) is 9.13. The van der Waals surface area contributed by atoms with Crippen LogP contribution in [0.4, 0.5) is 18.0 Å². The third-order valence-electron chi connectivity index (χ3n) is 4.12. The van der Waals surface area contributed by atoms with Gasteiger partial charge in [0.05, 0.1) is 6.04 Å². The number of amides is 3. The molecule has 1 fully saturated rings. The van der Waals surface area contributed by atoms with Crippen molar-refractivity contribution >= 4 is 23.9 Å². The summed E-state index contributed by atoms with van der Waals surface area (Å²) >= 11 is 1.55. The SMILES string of the molecule is CCC(NSCCCCCN1CC(=O)NC1=O)c1ccc(OCC(F)(F)F)[nH]1. The van der Waals surface area contributed by atoms with E-state index in [1.807, 2.05) is 6.92 Å². The lowest BCUT2D eigenvalue weighted by Gasteiger charge is -2.15. The number of hydrogen-bond acceptors (Lipinski definition) is 5. The summed E-state index contributed by atoms with van der Waals surface area (Å²) in [4.78, 5) is 26.9. The van der Waals surface area contributed by atoms with Crippen LogP contribution in [0, 0.1) is 0 Å². The van der Waals surface area contributed by atoms with Crippen molar-refractivity contribution in [1.82, 2.24) is 19.9 Å². The summed E-state index contributed by atoms with van der Waals surface area (Å²) < 4.78 is 44.6. The number of hydrogen-bond donors (Lipinski definition) is 3. The van der Waals surface area contributed by atoms with Crippen LogP contribution in [-0.4, -0.2) is 53.4 Å². The van der Waals surface area contributed by atoms with Crippen molar-refractivity contribution in [2.45, 2.75) is 44.8 Å². The van der Waals surface area contributed by atoms with E-state index < -0.39 is 12.8 Å². The van der Waals surface area contributed by atoms with Crippen LogP contribution in [0.25, 0.3) is 0 Å². The molecule has 0 spiro atoms. The Kier molecular flexibility index (Phi) is 8.49. The molecule has 1 atom stereocenters. The molecule has 158 valence electrons. The molecule has 1 aliphatic heterocycles. The van der Waals surface area contributed by atoms with E-state index in [1.165, 1.54) is 11.0 Å². The first-order valence-corrected chi connectivity index (χ1v) is 10.1. The van der Waals surface area contributed by atoms with E-state index >= 15 is 0 Å². The highest BCUT2D eigenvalue weighted by Crippen LogP contribution is 2.23. The van der Waals surface area contributed by atoms with E-state index in [9.17, 15) is 22.8 Å². The summed E-state index contributed by atoms with van der Waals surface area (Å²) in [5.41, 5.74) is 0.775. The number of unbranched alkanes of at least 4 members (excludes halogenated alkanes) is 2. The lowest BCUT2D eigenvalue weighted by molar-refractivity contribution is -0.154. The number of alkyl halides is 3. The molecular formula is C17H25F3N4O3S. The van der Waals surface area contributed by atoms with E-state index in [0.29, 0.717) is 6.54 Å². The largest absolute Gasteiger partial charge is 0.469 e. The van der Waals surface area contributed by atoms with Gasteiger partial charge < -0.3 is 14.6 Å². The molecule has 0 saturated carbocycles. The molecule has 28 heavy (non-hydrogen) atoms. The maximum atomic E-state index is 12.2. The third kappa shape index (κ3) is 7.63. The third-order valence-corrected chi connectivity index (χ3v) is 5.07. The maximum Gasteiger partial charge on any atom is 0.422 e. The Morgan fingerprint density at radius 3 is 2.71 bits per heavy atom. The van der Waals surface area contributed by atoms with Crippen LogP contribution >= 0.6 is 11.9 Å². The minimum absolute atomic E-state index is 0.0208. The molecule has 0 radical (unpaired) electrons. The van der Waals surface area contributed by atoms with Gasteiger partial charge in [0, 0.05) is 18.0 Å². The van der Waals surface area contributed by atoms with Crippen LogP contribution in [-0.2, 0) is 4.79 Å². The molecule has 1 aromatic heterocycles. The zero-order valence-corrected chi connectivity index (χ0v) is 16.4. The predicted octanol–water partition coefficient (Wildman–Crippen LogP) is 3.37. The lowest BCUT2D eigenvalue weighted by Crippen LogP contribution is -2.29. The monoisotopic (exact) mass is 422 g/mol. The van der Waals surface area contributed by atoms with Gasteiger partial charge in [-0.3, -0.25) is 14.8 Å². The molecule has 11 heteroatoms. The molecule has 0 aliphatic carbocycles. The molecule has 3 amide bonds. The quantitative estimate of drug-likeness (QED) is 0.273. The van der Waals surface area contributed by atoms with Crippen molar-refractivity contribution in [1.29, 1.82) is 0 Å². The summed E-state index contributed by atoms with van der Waals surface area (Å²) in [5.74, 6) is 0.702. The number of urea groups is 1. The van der Waals surface area contributed by atoms with Crippen molar-refractivity contribution in [2.75, 3.05) is 25.4 Å². The summed E-state index contributed by atoms with van der Waals surface area (Å²) in [5, 5.41) is 2.25. The summed E-state index contributed by atoms with van der Waals surface area (Å²) in [7, 11) is 0. The Labute approximate surface area is 165 Å². The Hall–Kier alpha value is -1.88. The Morgan fingerprint density at radius 2 is 2.07 bits per heavy atom. The molecule has 2 rings (SSSR count). The number of halogens is 3. The first-order chi connectivity index (χ1) is 13.3. The summed E-state index contributed by atoms with van der Waals surface area (Å²) in [6, 6.07) is 2.87. The molecule has 2 heterocycles. The second-order valence-electron chi connectivity index (χ2n) is 6.44. The fraction of sp³-hybridized carbons (Fsp3) is 0.647. The number of imide groups is 1. The van der Waals surface area contributed by atoms with Gasteiger partial charge in [-0.1, -0.05) is 25.3 Å². The van der Waals surface area contributed by atoms with Gasteiger partial charge in [0.25, 0.3) is 0 Å². The second kappa shape index (κ2) is 10.6. The van der Waals surface area contributed by atoms with Gasteiger partial charge in [0.15, 0.2) is 12.5 Å². The predicted molar refractivity (Wildman–Crippen MR) is 99.9 cm³/mol. The average Bonchev–Trinajstić information content (AvgIpc) is 3.21. The molecular weight excluding hydrogens is 397 g/mol. The second-order valence-corrected chi connectivity index (χ2v) is 7.38.